The molecule has 0 radical (unpaired) electrons. The molecule has 25 heavy (non-hydrogen) atoms. The summed E-state index contributed by atoms with van der Waals surface area (Å²) in [5, 5.41) is 8.76. The molecular formula is C19H21FO5. The quantitative estimate of drug-likeness (QED) is 0.663. The molecule has 0 aliphatic rings. The smallest absolute Gasteiger partial charge is 0.303 e. The fraction of sp³-hybridized carbons (Fsp3) is 0.316. The van der Waals surface area contributed by atoms with Gasteiger partial charge in [0.25, 0.3) is 0 Å². The van der Waals surface area contributed by atoms with Crippen LogP contribution in [0.4, 0.5) is 4.39 Å². The Balaban J connectivity index is 1.88. The van der Waals surface area contributed by atoms with Crippen molar-refractivity contribution in [2.75, 3.05) is 19.8 Å². The molecule has 0 aliphatic carbocycles. The van der Waals surface area contributed by atoms with Crippen LogP contribution in [-0.4, -0.2) is 30.9 Å². The molecule has 0 spiro atoms. The number of carboxylic acid groups (broad SMARTS) is 1. The number of aliphatic carboxylic acids is 1. The van der Waals surface area contributed by atoms with Gasteiger partial charge in [0.15, 0.2) is 11.5 Å². The van der Waals surface area contributed by atoms with Crippen molar-refractivity contribution in [2.45, 2.75) is 19.8 Å². The number of carbonyl (C=O) groups is 1. The zero-order chi connectivity index (χ0) is 18.1. The molecule has 0 amide bonds. The number of ether oxygens (including phenoxy) is 3. The maximum Gasteiger partial charge on any atom is 0.303 e. The van der Waals surface area contributed by atoms with Gasteiger partial charge in [-0.05, 0) is 55.3 Å². The molecule has 0 bridgehead atoms. The van der Waals surface area contributed by atoms with Gasteiger partial charge in [0, 0.05) is 6.42 Å². The van der Waals surface area contributed by atoms with Gasteiger partial charge in [0.2, 0.25) is 0 Å². The summed E-state index contributed by atoms with van der Waals surface area (Å²) in [6.45, 7) is 2.94. The number of hydrogen-bond donors (Lipinski definition) is 1. The second-order valence-corrected chi connectivity index (χ2v) is 5.26. The van der Waals surface area contributed by atoms with Crippen molar-refractivity contribution in [1.82, 2.24) is 0 Å². The normalized spacial score (nSPS) is 10.3. The van der Waals surface area contributed by atoms with Gasteiger partial charge >= 0.3 is 5.97 Å². The van der Waals surface area contributed by atoms with E-state index in [1.807, 2.05) is 13.0 Å². The first-order valence-corrected chi connectivity index (χ1v) is 8.07. The minimum absolute atomic E-state index is 0.0667. The third-order valence-corrected chi connectivity index (χ3v) is 3.36. The van der Waals surface area contributed by atoms with E-state index in [2.05, 4.69) is 0 Å². The molecule has 2 aromatic rings. The summed E-state index contributed by atoms with van der Waals surface area (Å²) in [5.41, 5.74) is 0.876. The van der Waals surface area contributed by atoms with E-state index in [4.69, 9.17) is 19.3 Å². The molecule has 134 valence electrons. The first-order chi connectivity index (χ1) is 12.1. The molecule has 0 heterocycles. The van der Waals surface area contributed by atoms with Crippen molar-refractivity contribution in [3.05, 3.63) is 53.8 Å². The Kier molecular flexibility index (Phi) is 7.07. The van der Waals surface area contributed by atoms with Crippen LogP contribution in [0.25, 0.3) is 0 Å². The van der Waals surface area contributed by atoms with Crippen LogP contribution in [0, 0.1) is 5.82 Å². The van der Waals surface area contributed by atoms with Crippen molar-refractivity contribution in [3.63, 3.8) is 0 Å². The van der Waals surface area contributed by atoms with Crippen molar-refractivity contribution in [1.29, 1.82) is 0 Å². The first kappa shape index (κ1) is 18.6. The van der Waals surface area contributed by atoms with Crippen LogP contribution in [0.3, 0.4) is 0 Å². The van der Waals surface area contributed by atoms with Crippen LogP contribution in [0.2, 0.25) is 0 Å². The maximum atomic E-state index is 12.8. The minimum atomic E-state index is -0.837. The van der Waals surface area contributed by atoms with Gasteiger partial charge in [-0.1, -0.05) is 6.07 Å². The van der Waals surface area contributed by atoms with Gasteiger partial charge in [-0.25, -0.2) is 4.39 Å². The van der Waals surface area contributed by atoms with Crippen LogP contribution < -0.4 is 14.2 Å². The fourth-order valence-electron chi connectivity index (χ4n) is 2.19. The zero-order valence-corrected chi connectivity index (χ0v) is 14.0. The Hall–Kier alpha value is -2.76. The molecule has 0 atom stereocenters. The van der Waals surface area contributed by atoms with Crippen molar-refractivity contribution in [3.8, 4) is 17.2 Å². The Morgan fingerprint density at radius 2 is 1.72 bits per heavy atom. The Labute approximate surface area is 146 Å². The summed E-state index contributed by atoms with van der Waals surface area (Å²) in [6.07, 6.45) is 0.501. The molecule has 6 heteroatoms. The van der Waals surface area contributed by atoms with Crippen LogP contribution >= 0.6 is 0 Å². The first-order valence-electron chi connectivity index (χ1n) is 8.07. The molecular weight excluding hydrogens is 327 g/mol. The van der Waals surface area contributed by atoms with Gasteiger partial charge in [-0.15, -0.1) is 0 Å². The van der Waals surface area contributed by atoms with Crippen molar-refractivity contribution >= 4 is 5.97 Å². The van der Waals surface area contributed by atoms with Crippen LogP contribution in [0.1, 0.15) is 18.9 Å². The third kappa shape index (κ3) is 6.33. The lowest BCUT2D eigenvalue weighted by Crippen LogP contribution is -2.10. The van der Waals surface area contributed by atoms with Gasteiger partial charge in [0.05, 0.1) is 6.61 Å². The third-order valence-electron chi connectivity index (χ3n) is 3.36. The van der Waals surface area contributed by atoms with Crippen molar-refractivity contribution < 1.29 is 28.5 Å². The topological polar surface area (TPSA) is 65.0 Å². The predicted octanol–water partition coefficient (Wildman–Crippen LogP) is 3.70. The number of rotatable bonds is 10. The lowest BCUT2D eigenvalue weighted by Gasteiger charge is -2.14. The molecule has 0 aromatic heterocycles. The lowest BCUT2D eigenvalue weighted by molar-refractivity contribution is -0.136. The fourth-order valence-corrected chi connectivity index (χ4v) is 2.19. The largest absolute Gasteiger partial charge is 0.490 e. The molecule has 0 saturated carbocycles. The van der Waals surface area contributed by atoms with Crippen molar-refractivity contribution in [2.24, 2.45) is 0 Å². The van der Waals surface area contributed by atoms with E-state index in [0.29, 0.717) is 43.5 Å². The highest BCUT2D eigenvalue weighted by Crippen LogP contribution is 2.29. The number of benzene rings is 2. The Morgan fingerprint density at radius 1 is 1.00 bits per heavy atom. The molecule has 2 aromatic carbocycles. The van der Waals surface area contributed by atoms with E-state index in [0.717, 1.165) is 5.56 Å². The Bertz CT molecular complexity index is 685. The number of carboxylic acids is 1. The van der Waals surface area contributed by atoms with Crippen LogP contribution in [-0.2, 0) is 11.2 Å². The van der Waals surface area contributed by atoms with Gasteiger partial charge in [0.1, 0.15) is 24.8 Å². The SMILES string of the molecule is CCOc1cc(CCC(=O)O)ccc1OCCOc1ccc(F)cc1. The summed E-state index contributed by atoms with van der Waals surface area (Å²) >= 11 is 0. The summed E-state index contributed by atoms with van der Waals surface area (Å²) in [7, 11) is 0. The lowest BCUT2D eigenvalue weighted by atomic mass is 10.1. The predicted molar refractivity (Wildman–Crippen MR) is 91.0 cm³/mol. The highest BCUT2D eigenvalue weighted by Gasteiger charge is 2.08. The monoisotopic (exact) mass is 348 g/mol. The summed E-state index contributed by atoms with van der Waals surface area (Å²) < 4.78 is 29.5. The van der Waals surface area contributed by atoms with Crippen LogP contribution in [0.15, 0.2) is 42.5 Å². The average molecular weight is 348 g/mol. The standard InChI is InChI=1S/C19H21FO5/c1-2-23-18-13-14(4-10-19(21)22)3-9-17(18)25-12-11-24-16-7-5-15(20)6-8-16/h3,5-9,13H,2,4,10-12H2,1H3,(H,21,22). The van der Waals surface area contributed by atoms with E-state index in [-0.39, 0.29) is 12.2 Å². The molecule has 1 N–H and O–H groups in total. The second-order valence-electron chi connectivity index (χ2n) is 5.26. The highest BCUT2D eigenvalue weighted by atomic mass is 19.1. The van der Waals surface area contributed by atoms with E-state index >= 15 is 0 Å². The minimum Gasteiger partial charge on any atom is -0.490 e. The summed E-state index contributed by atoms with van der Waals surface area (Å²) in [5.74, 6) is 0.569. The van der Waals surface area contributed by atoms with E-state index in [1.54, 1.807) is 24.3 Å². The van der Waals surface area contributed by atoms with E-state index < -0.39 is 5.97 Å². The van der Waals surface area contributed by atoms with E-state index in [9.17, 15) is 9.18 Å². The zero-order valence-electron chi connectivity index (χ0n) is 14.0. The molecule has 0 unspecified atom stereocenters. The van der Waals surface area contributed by atoms with E-state index in [1.165, 1.54) is 12.1 Å². The van der Waals surface area contributed by atoms with Gasteiger partial charge in [-0.3, -0.25) is 4.79 Å². The maximum absolute atomic E-state index is 12.8. The number of aryl methyl sites for hydroxylation is 1. The molecule has 2 rings (SSSR count). The van der Waals surface area contributed by atoms with Crippen LogP contribution in [0.5, 0.6) is 17.2 Å². The van der Waals surface area contributed by atoms with Gasteiger partial charge < -0.3 is 19.3 Å². The molecule has 0 aliphatic heterocycles. The number of hydrogen-bond acceptors (Lipinski definition) is 4. The summed E-state index contributed by atoms with van der Waals surface area (Å²) in [6, 6.07) is 11.2. The van der Waals surface area contributed by atoms with Gasteiger partial charge in [-0.2, -0.15) is 0 Å². The Morgan fingerprint density at radius 3 is 2.40 bits per heavy atom. The molecule has 5 nitrogen and oxygen atoms in total. The second kappa shape index (κ2) is 9.52. The molecule has 0 saturated heterocycles. The summed E-state index contributed by atoms with van der Waals surface area (Å²) in [4.78, 5) is 10.7. The average Bonchev–Trinajstić information content (AvgIpc) is 2.60. The highest BCUT2D eigenvalue weighted by molar-refractivity contribution is 5.67. The number of halogens is 1. The molecule has 0 fully saturated rings.